The van der Waals surface area contributed by atoms with E-state index >= 15 is 0 Å². The van der Waals surface area contributed by atoms with Gasteiger partial charge in [-0.3, -0.25) is 0 Å². The Kier molecular flexibility index (Phi) is 4.15. The smallest absolute Gasteiger partial charge is 0.137 e. The molecule has 1 aliphatic carbocycles. The lowest BCUT2D eigenvalue weighted by atomic mass is 10.0. The van der Waals surface area contributed by atoms with Gasteiger partial charge in [0.2, 0.25) is 0 Å². The van der Waals surface area contributed by atoms with Crippen LogP contribution in [0.1, 0.15) is 24.0 Å². The number of hydrogen-bond donors (Lipinski definition) is 1. The van der Waals surface area contributed by atoms with E-state index in [0.29, 0.717) is 6.04 Å². The van der Waals surface area contributed by atoms with Gasteiger partial charge < -0.3 is 10.2 Å². The number of anilines is 2. The van der Waals surface area contributed by atoms with Crippen LogP contribution in [0.25, 0.3) is 22.0 Å². The van der Waals surface area contributed by atoms with Crippen LogP contribution in [0.4, 0.5) is 11.5 Å². The van der Waals surface area contributed by atoms with E-state index < -0.39 is 0 Å². The molecule has 0 atom stereocenters. The normalized spacial score (nSPS) is 15.4. The number of nitrogens with one attached hydrogen (secondary N) is 1. The van der Waals surface area contributed by atoms with Crippen LogP contribution in [0.5, 0.6) is 0 Å². The summed E-state index contributed by atoms with van der Waals surface area (Å²) in [4.78, 5) is 11.4. The largest absolute Gasteiger partial charge is 0.367 e. The average Bonchev–Trinajstić information content (AvgIpc) is 3.52. The van der Waals surface area contributed by atoms with Crippen molar-refractivity contribution < 1.29 is 0 Å². The van der Waals surface area contributed by atoms with Crippen LogP contribution in [0.2, 0.25) is 0 Å². The van der Waals surface area contributed by atoms with Crippen LogP contribution < -0.4 is 10.2 Å². The van der Waals surface area contributed by atoms with Crippen molar-refractivity contribution >= 4 is 22.4 Å². The molecule has 1 aliphatic heterocycles. The Balaban J connectivity index is 1.31. The van der Waals surface area contributed by atoms with Gasteiger partial charge in [0, 0.05) is 30.2 Å². The molecule has 0 unspecified atom stereocenters. The fraction of sp³-hybridized carbons (Fsp3) is 0.231. The summed E-state index contributed by atoms with van der Waals surface area (Å²) in [5.74, 6) is 0.953. The second-order valence-corrected chi connectivity index (χ2v) is 8.37. The highest BCUT2D eigenvalue weighted by Crippen LogP contribution is 2.32. The van der Waals surface area contributed by atoms with E-state index in [0.717, 1.165) is 36.2 Å². The topological polar surface area (TPSA) is 41.1 Å². The van der Waals surface area contributed by atoms with Gasteiger partial charge in [-0.2, -0.15) is 0 Å². The quantitative estimate of drug-likeness (QED) is 0.491. The lowest BCUT2D eigenvalue weighted by molar-refractivity contribution is 0.836. The predicted molar refractivity (Wildman–Crippen MR) is 123 cm³/mol. The number of fused-ring (bicyclic) bond motifs is 2. The molecule has 4 heteroatoms. The van der Waals surface area contributed by atoms with Crippen molar-refractivity contribution in [1.82, 2.24) is 9.97 Å². The first-order valence-corrected chi connectivity index (χ1v) is 10.8. The SMILES string of the molecule is c1cc(CN2CCc3ccccc32)cc(-c2ccc3ncnc(NC4CC4)c3c2)c1. The molecule has 0 saturated heterocycles. The molecule has 1 aromatic heterocycles. The van der Waals surface area contributed by atoms with Gasteiger partial charge in [-0.15, -0.1) is 0 Å². The first-order chi connectivity index (χ1) is 14.8. The van der Waals surface area contributed by atoms with E-state index in [9.17, 15) is 0 Å². The molecule has 0 radical (unpaired) electrons. The van der Waals surface area contributed by atoms with Crippen LogP contribution >= 0.6 is 0 Å². The molecule has 148 valence electrons. The van der Waals surface area contributed by atoms with E-state index in [2.05, 4.69) is 86.9 Å². The first-order valence-electron chi connectivity index (χ1n) is 10.8. The van der Waals surface area contributed by atoms with Crippen molar-refractivity contribution in [2.75, 3.05) is 16.8 Å². The molecule has 4 nitrogen and oxygen atoms in total. The maximum Gasteiger partial charge on any atom is 0.137 e. The van der Waals surface area contributed by atoms with Gasteiger partial charge in [0.05, 0.1) is 5.52 Å². The summed E-state index contributed by atoms with van der Waals surface area (Å²) in [5, 5.41) is 4.65. The molecule has 6 rings (SSSR count). The highest BCUT2D eigenvalue weighted by Gasteiger charge is 2.22. The number of rotatable bonds is 5. The molecule has 4 aromatic rings. The van der Waals surface area contributed by atoms with Crippen LogP contribution in [0.3, 0.4) is 0 Å². The first kappa shape index (κ1) is 17.5. The molecule has 1 saturated carbocycles. The van der Waals surface area contributed by atoms with Gasteiger partial charge >= 0.3 is 0 Å². The fourth-order valence-corrected chi connectivity index (χ4v) is 4.41. The summed E-state index contributed by atoms with van der Waals surface area (Å²) in [6, 6.07) is 24.7. The van der Waals surface area contributed by atoms with Gasteiger partial charge in [0.25, 0.3) is 0 Å². The summed E-state index contributed by atoms with van der Waals surface area (Å²) in [6.07, 6.45) is 5.25. The van der Waals surface area contributed by atoms with Crippen molar-refractivity contribution in [2.45, 2.75) is 31.8 Å². The molecule has 2 aliphatic rings. The molecule has 1 fully saturated rings. The van der Waals surface area contributed by atoms with E-state index in [1.807, 2.05) is 0 Å². The summed E-state index contributed by atoms with van der Waals surface area (Å²) in [7, 11) is 0. The molecule has 0 amide bonds. The van der Waals surface area contributed by atoms with E-state index in [1.165, 1.54) is 40.8 Å². The zero-order chi connectivity index (χ0) is 19.9. The maximum absolute atomic E-state index is 4.50. The minimum atomic E-state index is 0.568. The molecule has 0 spiro atoms. The zero-order valence-electron chi connectivity index (χ0n) is 16.9. The Bertz CT molecular complexity index is 1230. The van der Waals surface area contributed by atoms with Crippen LogP contribution in [-0.2, 0) is 13.0 Å². The summed E-state index contributed by atoms with van der Waals surface area (Å²) in [6.45, 7) is 2.03. The maximum atomic E-state index is 4.50. The average molecular weight is 393 g/mol. The monoisotopic (exact) mass is 392 g/mol. The number of nitrogens with zero attached hydrogens (tertiary/aromatic N) is 3. The third-order valence-electron chi connectivity index (χ3n) is 6.17. The second kappa shape index (κ2) is 7.13. The number of benzene rings is 3. The Labute approximate surface area is 176 Å². The van der Waals surface area contributed by atoms with Crippen molar-refractivity contribution in [3.05, 3.63) is 84.2 Å². The highest BCUT2D eigenvalue weighted by molar-refractivity contribution is 5.92. The summed E-state index contributed by atoms with van der Waals surface area (Å²) < 4.78 is 0. The van der Waals surface area contributed by atoms with Crippen LogP contribution in [-0.4, -0.2) is 22.6 Å². The van der Waals surface area contributed by atoms with Crippen molar-refractivity contribution in [3.8, 4) is 11.1 Å². The Morgan fingerprint density at radius 3 is 2.73 bits per heavy atom. The molecule has 0 bridgehead atoms. The standard InChI is InChI=1S/C26H24N4/c1-2-7-25-19(5-1)12-13-30(25)16-18-4-3-6-20(14-18)21-8-11-24-23(15-21)26(28-17-27-24)29-22-9-10-22/h1-8,11,14-15,17,22H,9-10,12-13,16H2,(H,27,28,29). The molecule has 30 heavy (non-hydrogen) atoms. The third-order valence-corrected chi connectivity index (χ3v) is 6.17. The highest BCUT2D eigenvalue weighted by atomic mass is 15.1. The molecular weight excluding hydrogens is 368 g/mol. The number of aromatic nitrogens is 2. The van der Waals surface area contributed by atoms with Gasteiger partial charge in [-0.25, -0.2) is 9.97 Å². The van der Waals surface area contributed by atoms with Crippen molar-refractivity contribution in [1.29, 1.82) is 0 Å². The van der Waals surface area contributed by atoms with E-state index in [4.69, 9.17) is 0 Å². The van der Waals surface area contributed by atoms with Gasteiger partial charge in [0.1, 0.15) is 12.1 Å². The Morgan fingerprint density at radius 2 is 1.80 bits per heavy atom. The molecular formula is C26H24N4. The molecule has 3 aromatic carbocycles. The minimum absolute atomic E-state index is 0.568. The fourth-order valence-electron chi connectivity index (χ4n) is 4.41. The third kappa shape index (κ3) is 3.28. The van der Waals surface area contributed by atoms with Gasteiger partial charge in [0.15, 0.2) is 0 Å². The molecule has 2 heterocycles. The number of hydrogen-bond acceptors (Lipinski definition) is 4. The van der Waals surface area contributed by atoms with E-state index in [1.54, 1.807) is 6.33 Å². The lowest BCUT2D eigenvalue weighted by Gasteiger charge is -2.20. The molecule has 1 N–H and O–H groups in total. The van der Waals surface area contributed by atoms with Gasteiger partial charge in [-0.1, -0.05) is 42.5 Å². The van der Waals surface area contributed by atoms with Gasteiger partial charge in [-0.05, 0) is 65.8 Å². The summed E-state index contributed by atoms with van der Waals surface area (Å²) >= 11 is 0. The Hall–Kier alpha value is -3.40. The van der Waals surface area contributed by atoms with Crippen molar-refractivity contribution in [2.24, 2.45) is 0 Å². The minimum Gasteiger partial charge on any atom is -0.367 e. The number of para-hydroxylation sites is 1. The van der Waals surface area contributed by atoms with Crippen LogP contribution in [0.15, 0.2) is 73.1 Å². The predicted octanol–water partition coefficient (Wildman–Crippen LogP) is 5.43. The van der Waals surface area contributed by atoms with Crippen LogP contribution in [0, 0.1) is 0 Å². The lowest BCUT2D eigenvalue weighted by Crippen LogP contribution is -2.19. The van der Waals surface area contributed by atoms with E-state index in [-0.39, 0.29) is 0 Å². The zero-order valence-corrected chi connectivity index (χ0v) is 16.9. The van der Waals surface area contributed by atoms with Crippen molar-refractivity contribution in [3.63, 3.8) is 0 Å². The Morgan fingerprint density at radius 1 is 0.900 bits per heavy atom. The summed E-state index contributed by atoms with van der Waals surface area (Å²) in [5.41, 5.74) is 7.61. The second-order valence-electron chi connectivity index (χ2n) is 8.37.